The second-order valence-corrected chi connectivity index (χ2v) is 2.71. The van der Waals surface area contributed by atoms with Gasteiger partial charge in [0.25, 0.3) is 5.91 Å². The van der Waals surface area contributed by atoms with Crippen molar-refractivity contribution in [3.8, 4) is 0 Å². The van der Waals surface area contributed by atoms with Crippen molar-refractivity contribution in [3.63, 3.8) is 0 Å². The Balaban J connectivity index is 2.70. The average Bonchev–Trinajstić information content (AvgIpc) is 2.08. The van der Waals surface area contributed by atoms with Crippen LogP contribution in [-0.4, -0.2) is 35.8 Å². The summed E-state index contributed by atoms with van der Waals surface area (Å²) < 4.78 is 0. The molecule has 12 heavy (non-hydrogen) atoms. The van der Waals surface area contributed by atoms with E-state index in [1.807, 2.05) is 0 Å². The fraction of sp³-hybridized carbons (Fsp3) is 0.500. The van der Waals surface area contributed by atoms with Crippen LogP contribution in [0.2, 0.25) is 0 Å². The molecule has 0 aliphatic carbocycles. The first-order chi connectivity index (χ1) is 5.66. The Morgan fingerprint density at radius 2 is 2.50 bits per heavy atom. The number of piperazine rings is 1. The molecule has 0 spiro atoms. The van der Waals surface area contributed by atoms with Gasteiger partial charge in [0.2, 0.25) is 5.91 Å². The van der Waals surface area contributed by atoms with E-state index in [4.69, 9.17) is 0 Å². The minimum absolute atomic E-state index is 0.175. The SMILES string of the molecule is C=CC(=O)N1CCNC(C)C1=O. The largest absolute Gasteiger partial charge is 0.304 e. The van der Waals surface area contributed by atoms with E-state index in [2.05, 4.69) is 11.9 Å². The van der Waals surface area contributed by atoms with Gasteiger partial charge in [0, 0.05) is 13.1 Å². The lowest BCUT2D eigenvalue weighted by Crippen LogP contribution is -2.55. The zero-order valence-electron chi connectivity index (χ0n) is 7.04. The van der Waals surface area contributed by atoms with E-state index in [0.717, 1.165) is 6.08 Å². The van der Waals surface area contributed by atoms with Crippen molar-refractivity contribution in [2.75, 3.05) is 13.1 Å². The van der Waals surface area contributed by atoms with Crippen molar-refractivity contribution in [1.29, 1.82) is 0 Å². The molecule has 0 aromatic carbocycles. The van der Waals surface area contributed by atoms with Gasteiger partial charge in [0.15, 0.2) is 0 Å². The molecule has 4 heteroatoms. The van der Waals surface area contributed by atoms with Gasteiger partial charge >= 0.3 is 0 Å². The molecular formula is C8H12N2O2. The van der Waals surface area contributed by atoms with Crippen LogP contribution in [0, 0.1) is 0 Å². The lowest BCUT2D eigenvalue weighted by molar-refractivity contribution is -0.144. The average molecular weight is 168 g/mol. The Hall–Kier alpha value is -1.16. The number of carbonyl (C=O) groups is 2. The molecule has 4 nitrogen and oxygen atoms in total. The number of amides is 2. The molecular weight excluding hydrogens is 156 g/mol. The summed E-state index contributed by atoms with van der Waals surface area (Å²) in [7, 11) is 0. The van der Waals surface area contributed by atoms with Crippen molar-refractivity contribution in [2.24, 2.45) is 0 Å². The number of nitrogens with zero attached hydrogens (tertiary/aromatic N) is 1. The molecule has 0 aromatic heterocycles. The van der Waals surface area contributed by atoms with Gasteiger partial charge in [-0.3, -0.25) is 14.5 Å². The minimum Gasteiger partial charge on any atom is -0.304 e. The van der Waals surface area contributed by atoms with Crippen LogP contribution in [0.3, 0.4) is 0 Å². The van der Waals surface area contributed by atoms with Crippen molar-refractivity contribution >= 4 is 11.8 Å². The van der Waals surface area contributed by atoms with Crippen LogP contribution >= 0.6 is 0 Å². The predicted octanol–water partition coefficient (Wildman–Crippen LogP) is -0.481. The van der Waals surface area contributed by atoms with E-state index in [-0.39, 0.29) is 17.9 Å². The molecule has 1 N–H and O–H groups in total. The van der Waals surface area contributed by atoms with Crippen molar-refractivity contribution < 1.29 is 9.59 Å². The number of rotatable bonds is 1. The highest BCUT2D eigenvalue weighted by molar-refractivity contribution is 6.02. The molecule has 1 heterocycles. The van der Waals surface area contributed by atoms with Crippen LogP contribution in [0.4, 0.5) is 0 Å². The summed E-state index contributed by atoms with van der Waals surface area (Å²) in [5.41, 5.74) is 0. The Morgan fingerprint density at radius 1 is 1.83 bits per heavy atom. The first kappa shape index (κ1) is 8.93. The molecule has 1 saturated heterocycles. The highest BCUT2D eigenvalue weighted by Gasteiger charge is 2.27. The van der Waals surface area contributed by atoms with Crippen LogP contribution in [0.1, 0.15) is 6.92 Å². The third kappa shape index (κ3) is 1.53. The Kier molecular flexibility index (Phi) is 2.60. The Morgan fingerprint density at radius 3 is 3.08 bits per heavy atom. The maximum absolute atomic E-state index is 11.3. The molecule has 1 rings (SSSR count). The highest BCUT2D eigenvalue weighted by Crippen LogP contribution is 2.01. The topological polar surface area (TPSA) is 49.4 Å². The van der Waals surface area contributed by atoms with Gasteiger partial charge in [-0.1, -0.05) is 6.58 Å². The lowest BCUT2D eigenvalue weighted by Gasteiger charge is -2.28. The molecule has 1 unspecified atom stereocenters. The van der Waals surface area contributed by atoms with E-state index >= 15 is 0 Å². The van der Waals surface area contributed by atoms with Gasteiger partial charge in [0.1, 0.15) is 0 Å². The maximum Gasteiger partial charge on any atom is 0.252 e. The molecule has 2 amide bonds. The molecule has 1 aliphatic heterocycles. The summed E-state index contributed by atoms with van der Waals surface area (Å²) in [5, 5.41) is 2.96. The van der Waals surface area contributed by atoms with Gasteiger partial charge in [-0.2, -0.15) is 0 Å². The zero-order valence-corrected chi connectivity index (χ0v) is 7.04. The Bertz CT molecular complexity index is 225. The summed E-state index contributed by atoms with van der Waals surface area (Å²) in [6.45, 7) is 6.17. The standard InChI is InChI=1S/C8H12N2O2/c1-3-7(11)10-5-4-9-6(2)8(10)12/h3,6,9H,1,4-5H2,2H3. The van der Waals surface area contributed by atoms with E-state index in [1.54, 1.807) is 6.92 Å². The summed E-state index contributed by atoms with van der Waals surface area (Å²) >= 11 is 0. The van der Waals surface area contributed by atoms with Crippen LogP contribution < -0.4 is 5.32 Å². The molecule has 66 valence electrons. The first-order valence-corrected chi connectivity index (χ1v) is 3.88. The molecule has 1 fully saturated rings. The van der Waals surface area contributed by atoms with E-state index in [9.17, 15) is 9.59 Å². The van der Waals surface area contributed by atoms with Crippen molar-refractivity contribution in [2.45, 2.75) is 13.0 Å². The first-order valence-electron chi connectivity index (χ1n) is 3.88. The number of nitrogens with one attached hydrogen (secondary N) is 1. The monoisotopic (exact) mass is 168 g/mol. The summed E-state index contributed by atoms with van der Waals surface area (Å²) in [4.78, 5) is 23.6. The second-order valence-electron chi connectivity index (χ2n) is 2.71. The van der Waals surface area contributed by atoms with Crippen LogP contribution in [0.25, 0.3) is 0 Å². The normalized spacial score (nSPS) is 23.9. The van der Waals surface area contributed by atoms with E-state index in [1.165, 1.54) is 4.90 Å². The quantitative estimate of drug-likeness (QED) is 0.538. The highest BCUT2D eigenvalue weighted by atomic mass is 16.2. The number of hydrogen-bond acceptors (Lipinski definition) is 3. The van der Waals surface area contributed by atoms with E-state index < -0.39 is 0 Å². The second kappa shape index (κ2) is 3.49. The number of imide groups is 1. The fourth-order valence-electron chi connectivity index (χ4n) is 1.15. The molecule has 0 radical (unpaired) electrons. The Labute approximate surface area is 71.2 Å². The summed E-state index contributed by atoms with van der Waals surface area (Å²) in [5.74, 6) is -0.487. The summed E-state index contributed by atoms with van der Waals surface area (Å²) in [6, 6.07) is -0.261. The zero-order chi connectivity index (χ0) is 9.14. The minimum atomic E-state index is -0.312. The third-order valence-corrected chi connectivity index (χ3v) is 1.86. The van der Waals surface area contributed by atoms with E-state index in [0.29, 0.717) is 13.1 Å². The predicted molar refractivity (Wildman–Crippen MR) is 44.4 cm³/mol. The molecule has 0 saturated carbocycles. The lowest BCUT2D eigenvalue weighted by atomic mass is 10.2. The number of carbonyl (C=O) groups excluding carboxylic acids is 2. The van der Waals surface area contributed by atoms with Gasteiger partial charge in [0.05, 0.1) is 6.04 Å². The summed E-state index contributed by atoms with van der Waals surface area (Å²) in [6.07, 6.45) is 1.16. The smallest absolute Gasteiger partial charge is 0.252 e. The van der Waals surface area contributed by atoms with Gasteiger partial charge in [-0.05, 0) is 13.0 Å². The van der Waals surface area contributed by atoms with Gasteiger partial charge in [-0.15, -0.1) is 0 Å². The van der Waals surface area contributed by atoms with Crippen molar-refractivity contribution in [3.05, 3.63) is 12.7 Å². The third-order valence-electron chi connectivity index (χ3n) is 1.86. The fourth-order valence-corrected chi connectivity index (χ4v) is 1.15. The molecule has 1 atom stereocenters. The van der Waals surface area contributed by atoms with Gasteiger partial charge in [-0.25, -0.2) is 0 Å². The van der Waals surface area contributed by atoms with Crippen LogP contribution in [0.5, 0.6) is 0 Å². The molecule has 0 bridgehead atoms. The van der Waals surface area contributed by atoms with Crippen LogP contribution in [-0.2, 0) is 9.59 Å². The van der Waals surface area contributed by atoms with Crippen molar-refractivity contribution in [1.82, 2.24) is 10.2 Å². The van der Waals surface area contributed by atoms with Crippen LogP contribution in [0.15, 0.2) is 12.7 Å². The number of hydrogen-bond donors (Lipinski definition) is 1. The molecule has 1 aliphatic rings. The maximum atomic E-state index is 11.3. The molecule has 0 aromatic rings. The van der Waals surface area contributed by atoms with Gasteiger partial charge < -0.3 is 5.32 Å².